The predicted octanol–water partition coefficient (Wildman–Crippen LogP) is 1.85. The van der Waals surface area contributed by atoms with Gasteiger partial charge in [0.05, 0.1) is 0 Å². The van der Waals surface area contributed by atoms with Gasteiger partial charge in [-0.3, -0.25) is 4.90 Å². The van der Waals surface area contributed by atoms with E-state index in [0.717, 1.165) is 31.7 Å². The number of likely N-dealkylation sites (N-methyl/N-ethyl adjacent to an activating group) is 1. The van der Waals surface area contributed by atoms with E-state index in [2.05, 4.69) is 23.8 Å². The highest BCUT2D eigenvalue weighted by Gasteiger charge is 2.24. The van der Waals surface area contributed by atoms with Crippen LogP contribution in [-0.4, -0.2) is 49.1 Å². The van der Waals surface area contributed by atoms with E-state index in [1.807, 2.05) is 0 Å². The number of piperazine rings is 1. The Labute approximate surface area is 115 Å². The molecule has 2 N–H and O–H groups in total. The average Bonchev–Trinajstić information content (AvgIpc) is 2.41. The Morgan fingerprint density at radius 2 is 2.00 bits per heavy atom. The van der Waals surface area contributed by atoms with E-state index in [4.69, 9.17) is 5.73 Å². The molecular formula is C15H24FN3. The highest BCUT2D eigenvalue weighted by Crippen LogP contribution is 2.16. The molecule has 0 bridgehead atoms. The molecular weight excluding hydrogens is 241 g/mol. The second kappa shape index (κ2) is 6.46. The number of nitrogens with zero attached hydrogens (tertiary/aromatic N) is 2. The van der Waals surface area contributed by atoms with Gasteiger partial charge in [0.25, 0.3) is 0 Å². The van der Waals surface area contributed by atoms with Crippen molar-refractivity contribution in [1.82, 2.24) is 9.80 Å². The van der Waals surface area contributed by atoms with Gasteiger partial charge in [0.1, 0.15) is 5.82 Å². The molecule has 0 spiro atoms. The molecule has 1 aliphatic heterocycles. The number of benzene rings is 1. The summed E-state index contributed by atoms with van der Waals surface area (Å²) in [6.45, 7) is 6.29. The summed E-state index contributed by atoms with van der Waals surface area (Å²) in [6, 6.07) is 7.11. The molecule has 1 aromatic carbocycles. The van der Waals surface area contributed by atoms with Crippen molar-refractivity contribution in [2.24, 2.45) is 5.73 Å². The molecule has 1 aromatic rings. The van der Waals surface area contributed by atoms with Gasteiger partial charge in [-0.05, 0) is 31.2 Å². The number of hydrogen-bond donors (Lipinski definition) is 1. The van der Waals surface area contributed by atoms with Crippen LogP contribution in [0.5, 0.6) is 0 Å². The first-order valence-corrected chi connectivity index (χ1v) is 7.03. The third kappa shape index (κ3) is 3.75. The van der Waals surface area contributed by atoms with Gasteiger partial charge < -0.3 is 10.6 Å². The number of rotatable bonds is 4. The van der Waals surface area contributed by atoms with Gasteiger partial charge in [-0.1, -0.05) is 19.1 Å². The van der Waals surface area contributed by atoms with Crippen LogP contribution < -0.4 is 5.73 Å². The summed E-state index contributed by atoms with van der Waals surface area (Å²) < 4.78 is 12.9. The van der Waals surface area contributed by atoms with Crippen LogP contribution in [0.4, 0.5) is 4.39 Å². The molecule has 19 heavy (non-hydrogen) atoms. The molecule has 0 aliphatic carbocycles. The van der Waals surface area contributed by atoms with E-state index in [0.29, 0.717) is 6.04 Å². The molecule has 4 heteroatoms. The van der Waals surface area contributed by atoms with Gasteiger partial charge in [0, 0.05) is 38.3 Å². The maximum Gasteiger partial charge on any atom is 0.123 e. The van der Waals surface area contributed by atoms with Crippen molar-refractivity contribution in [2.45, 2.75) is 25.4 Å². The smallest absolute Gasteiger partial charge is 0.123 e. The Bertz CT molecular complexity index is 393. The monoisotopic (exact) mass is 265 g/mol. The van der Waals surface area contributed by atoms with Crippen molar-refractivity contribution < 1.29 is 4.39 Å². The second-order valence-corrected chi connectivity index (χ2v) is 5.46. The fourth-order valence-corrected chi connectivity index (χ4v) is 2.71. The third-order valence-electron chi connectivity index (χ3n) is 4.09. The van der Waals surface area contributed by atoms with Crippen molar-refractivity contribution in [3.8, 4) is 0 Å². The van der Waals surface area contributed by atoms with Crippen LogP contribution in [0.25, 0.3) is 0 Å². The Balaban J connectivity index is 1.92. The molecule has 3 nitrogen and oxygen atoms in total. The van der Waals surface area contributed by atoms with Crippen molar-refractivity contribution in [1.29, 1.82) is 0 Å². The van der Waals surface area contributed by atoms with Crippen LogP contribution >= 0.6 is 0 Å². The molecule has 1 heterocycles. The fourth-order valence-electron chi connectivity index (χ4n) is 2.71. The zero-order valence-electron chi connectivity index (χ0n) is 11.8. The Hall–Kier alpha value is -0.970. The highest BCUT2D eigenvalue weighted by molar-refractivity contribution is 5.19. The van der Waals surface area contributed by atoms with Crippen LogP contribution in [0, 0.1) is 5.82 Å². The largest absolute Gasteiger partial charge is 0.323 e. The summed E-state index contributed by atoms with van der Waals surface area (Å²) in [5, 5.41) is 0. The minimum atomic E-state index is -0.207. The maximum absolute atomic E-state index is 12.9. The first kappa shape index (κ1) is 14.4. The summed E-state index contributed by atoms with van der Waals surface area (Å²) >= 11 is 0. The van der Waals surface area contributed by atoms with E-state index in [1.165, 1.54) is 18.6 Å². The molecule has 0 radical (unpaired) electrons. The van der Waals surface area contributed by atoms with Gasteiger partial charge in [-0.15, -0.1) is 0 Å². The molecule has 1 saturated heterocycles. The van der Waals surface area contributed by atoms with Crippen LogP contribution in [-0.2, 0) is 0 Å². The predicted molar refractivity (Wildman–Crippen MR) is 76.5 cm³/mol. The molecule has 0 aromatic heterocycles. The van der Waals surface area contributed by atoms with Gasteiger partial charge in [0.15, 0.2) is 0 Å². The zero-order valence-corrected chi connectivity index (χ0v) is 11.8. The molecule has 2 rings (SSSR count). The van der Waals surface area contributed by atoms with E-state index in [9.17, 15) is 4.39 Å². The third-order valence-corrected chi connectivity index (χ3v) is 4.09. The molecule has 2 atom stereocenters. The molecule has 1 aliphatic rings. The lowest BCUT2D eigenvalue weighted by Crippen LogP contribution is -2.52. The van der Waals surface area contributed by atoms with Crippen molar-refractivity contribution in [3.63, 3.8) is 0 Å². The van der Waals surface area contributed by atoms with Crippen molar-refractivity contribution in [3.05, 3.63) is 35.6 Å². The molecule has 0 amide bonds. The van der Waals surface area contributed by atoms with Gasteiger partial charge in [-0.25, -0.2) is 4.39 Å². The SMILES string of the molecule is CCC1CN(CC(N)c2ccc(F)cc2)CCN1C. The van der Waals surface area contributed by atoms with Gasteiger partial charge >= 0.3 is 0 Å². The summed E-state index contributed by atoms with van der Waals surface area (Å²) in [6.07, 6.45) is 1.17. The second-order valence-electron chi connectivity index (χ2n) is 5.46. The Morgan fingerprint density at radius 3 is 2.63 bits per heavy atom. The number of hydrogen-bond acceptors (Lipinski definition) is 3. The lowest BCUT2D eigenvalue weighted by molar-refractivity contribution is 0.0890. The minimum Gasteiger partial charge on any atom is -0.323 e. The number of halogens is 1. The van der Waals surface area contributed by atoms with Crippen molar-refractivity contribution in [2.75, 3.05) is 33.2 Å². The highest BCUT2D eigenvalue weighted by atomic mass is 19.1. The van der Waals surface area contributed by atoms with Crippen LogP contribution in [0.15, 0.2) is 24.3 Å². The summed E-state index contributed by atoms with van der Waals surface area (Å²) in [4.78, 5) is 4.84. The van der Waals surface area contributed by atoms with E-state index in [-0.39, 0.29) is 11.9 Å². The Kier molecular flexibility index (Phi) is 4.91. The maximum atomic E-state index is 12.9. The standard InChI is InChI=1S/C15H24FN3/c1-3-14-10-19(9-8-18(14)2)11-15(17)12-4-6-13(16)7-5-12/h4-7,14-15H,3,8-11,17H2,1-2H3. The van der Waals surface area contributed by atoms with Crippen LogP contribution in [0.2, 0.25) is 0 Å². The van der Waals surface area contributed by atoms with Gasteiger partial charge in [0.2, 0.25) is 0 Å². The van der Waals surface area contributed by atoms with Crippen LogP contribution in [0.1, 0.15) is 24.9 Å². The molecule has 106 valence electrons. The summed E-state index contributed by atoms with van der Waals surface area (Å²) in [5.41, 5.74) is 7.23. The zero-order chi connectivity index (χ0) is 13.8. The van der Waals surface area contributed by atoms with Crippen LogP contribution in [0.3, 0.4) is 0 Å². The van der Waals surface area contributed by atoms with E-state index >= 15 is 0 Å². The molecule has 0 saturated carbocycles. The average molecular weight is 265 g/mol. The van der Waals surface area contributed by atoms with Crippen molar-refractivity contribution >= 4 is 0 Å². The number of nitrogens with two attached hydrogens (primary N) is 1. The normalized spacial score (nSPS) is 23.5. The first-order valence-electron chi connectivity index (χ1n) is 7.03. The quantitative estimate of drug-likeness (QED) is 0.902. The summed E-state index contributed by atoms with van der Waals surface area (Å²) in [7, 11) is 2.19. The topological polar surface area (TPSA) is 32.5 Å². The minimum absolute atomic E-state index is 0.0403. The van der Waals surface area contributed by atoms with E-state index in [1.54, 1.807) is 12.1 Å². The summed E-state index contributed by atoms with van der Waals surface area (Å²) in [5.74, 6) is -0.207. The lowest BCUT2D eigenvalue weighted by atomic mass is 10.1. The Morgan fingerprint density at radius 1 is 1.32 bits per heavy atom. The van der Waals surface area contributed by atoms with E-state index < -0.39 is 0 Å². The van der Waals surface area contributed by atoms with Gasteiger partial charge in [-0.2, -0.15) is 0 Å². The fraction of sp³-hybridized carbons (Fsp3) is 0.600. The lowest BCUT2D eigenvalue weighted by Gasteiger charge is -2.40. The molecule has 1 fully saturated rings. The molecule has 2 unspecified atom stereocenters. The first-order chi connectivity index (χ1) is 9.10.